The molecule has 2 atom stereocenters. The van der Waals surface area contributed by atoms with Gasteiger partial charge in [0.2, 0.25) is 0 Å². The summed E-state index contributed by atoms with van der Waals surface area (Å²) in [5, 5.41) is 28.3. The molecule has 0 aromatic carbocycles. The third-order valence-corrected chi connectivity index (χ3v) is 4.65. The fourth-order valence-electron chi connectivity index (χ4n) is 2.97. The van der Waals surface area contributed by atoms with Gasteiger partial charge in [0, 0.05) is 13.1 Å². The number of aliphatic hydroxyl groups excluding tert-OH is 2. The second-order valence-corrected chi connectivity index (χ2v) is 5.75. The van der Waals surface area contributed by atoms with E-state index in [9.17, 15) is 24.9 Å². The van der Waals surface area contributed by atoms with Crippen LogP contribution in [0.5, 0.6) is 0 Å². The van der Waals surface area contributed by atoms with Gasteiger partial charge in [-0.15, -0.1) is 0 Å². The maximum Gasteiger partial charge on any atom is 0.320 e. The molecule has 114 valence electrons. The molecule has 2 aliphatic rings. The minimum Gasteiger partial charge on any atom is -0.481 e. The number of piperidine rings is 1. The fraction of sp³-hybridized carbons (Fsp3) is 0.846. The molecule has 2 unspecified atom stereocenters. The first-order valence-electron chi connectivity index (χ1n) is 7.03. The lowest BCUT2D eigenvalue weighted by Gasteiger charge is -2.39. The summed E-state index contributed by atoms with van der Waals surface area (Å²) in [5.41, 5.74) is -0.721. The van der Waals surface area contributed by atoms with E-state index in [1.54, 1.807) is 4.90 Å². The zero-order valence-corrected chi connectivity index (χ0v) is 11.7. The van der Waals surface area contributed by atoms with Gasteiger partial charge in [0.05, 0.1) is 30.7 Å². The van der Waals surface area contributed by atoms with Crippen molar-refractivity contribution in [3.05, 3.63) is 0 Å². The van der Waals surface area contributed by atoms with E-state index in [1.165, 1.54) is 4.90 Å². The predicted octanol–water partition coefficient (Wildman–Crippen LogP) is -0.279. The normalized spacial score (nSPS) is 29.6. The molecule has 0 saturated carbocycles. The van der Waals surface area contributed by atoms with Gasteiger partial charge in [-0.2, -0.15) is 0 Å². The minimum absolute atomic E-state index is 0.133. The van der Waals surface area contributed by atoms with Gasteiger partial charge in [-0.1, -0.05) is 6.92 Å². The van der Waals surface area contributed by atoms with Crippen LogP contribution in [0.4, 0.5) is 4.79 Å². The molecule has 0 radical (unpaired) electrons. The highest BCUT2D eigenvalue weighted by Crippen LogP contribution is 2.35. The van der Waals surface area contributed by atoms with E-state index in [0.717, 1.165) is 0 Å². The van der Waals surface area contributed by atoms with Crippen molar-refractivity contribution in [3.8, 4) is 0 Å². The summed E-state index contributed by atoms with van der Waals surface area (Å²) in [6, 6.07) is -0.226. The molecule has 0 aromatic rings. The van der Waals surface area contributed by atoms with Crippen LogP contribution in [-0.2, 0) is 4.79 Å². The second kappa shape index (κ2) is 5.57. The van der Waals surface area contributed by atoms with E-state index >= 15 is 0 Å². The van der Waals surface area contributed by atoms with Crippen LogP contribution < -0.4 is 0 Å². The summed E-state index contributed by atoms with van der Waals surface area (Å²) in [5.74, 6) is -0.792. The fourth-order valence-corrected chi connectivity index (χ4v) is 2.97. The number of aliphatic carboxylic acids is 1. The number of β-amino-alcohol motifs (C(OH)–C–C–N with tert-alkyl or cyclic N) is 2. The third kappa shape index (κ3) is 2.60. The molecule has 2 heterocycles. The lowest BCUT2D eigenvalue weighted by molar-refractivity contribution is -0.152. The highest BCUT2D eigenvalue weighted by molar-refractivity contribution is 5.77. The van der Waals surface area contributed by atoms with Crippen LogP contribution in [0.3, 0.4) is 0 Å². The lowest BCUT2D eigenvalue weighted by Crippen LogP contribution is -2.50. The molecule has 0 bridgehead atoms. The molecule has 2 rings (SSSR count). The number of nitrogens with zero attached hydrogens (tertiary/aromatic N) is 2. The molecule has 2 saturated heterocycles. The van der Waals surface area contributed by atoms with Crippen molar-refractivity contribution in [1.29, 1.82) is 0 Å². The zero-order chi connectivity index (χ0) is 14.9. The molecule has 20 heavy (non-hydrogen) atoms. The van der Waals surface area contributed by atoms with E-state index in [2.05, 4.69) is 0 Å². The number of amides is 2. The minimum atomic E-state index is -0.891. The van der Waals surface area contributed by atoms with E-state index in [4.69, 9.17) is 0 Å². The highest BCUT2D eigenvalue weighted by Gasteiger charge is 2.42. The Balaban J connectivity index is 1.94. The summed E-state index contributed by atoms with van der Waals surface area (Å²) in [7, 11) is 0. The number of carboxylic acids is 1. The molecule has 2 fully saturated rings. The predicted molar refractivity (Wildman–Crippen MR) is 70.1 cm³/mol. The third-order valence-electron chi connectivity index (χ3n) is 4.65. The summed E-state index contributed by atoms with van der Waals surface area (Å²) in [6.45, 7) is 2.94. The Morgan fingerprint density at radius 1 is 1.10 bits per heavy atom. The monoisotopic (exact) mass is 286 g/mol. The lowest BCUT2D eigenvalue weighted by atomic mass is 9.76. The van der Waals surface area contributed by atoms with Crippen molar-refractivity contribution in [1.82, 2.24) is 9.80 Å². The molecule has 0 aromatic heterocycles. The van der Waals surface area contributed by atoms with Crippen LogP contribution in [0, 0.1) is 5.41 Å². The summed E-state index contributed by atoms with van der Waals surface area (Å²) in [4.78, 5) is 26.6. The first kappa shape index (κ1) is 15.1. The second-order valence-electron chi connectivity index (χ2n) is 5.75. The van der Waals surface area contributed by atoms with Crippen LogP contribution >= 0.6 is 0 Å². The van der Waals surface area contributed by atoms with Gasteiger partial charge in [0.25, 0.3) is 0 Å². The number of hydrogen-bond donors (Lipinski definition) is 3. The van der Waals surface area contributed by atoms with Crippen LogP contribution in [0.2, 0.25) is 0 Å². The quantitative estimate of drug-likeness (QED) is 0.648. The molecule has 2 aliphatic heterocycles. The van der Waals surface area contributed by atoms with E-state index in [1.807, 2.05) is 6.92 Å². The van der Waals surface area contributed by atoms with Crippen molar-refractivity contribution in [2.24, 2.45) is 5.41 Å². The molecule has 7 nitrogen and oxygen atoms in total. The maximum atomic E-state index is 12.2. The Morgan fingerprint density at radius 2 is 1.60 bits per heavy atom. The molecule has 0 spiro atoms. The Labute approximate surface area is 117 Å². The van der Waals surface area contributed by atoms with E-state index < -0.39 is 23.6 Å². The SMILES string of the molecule is CCC1(C(=O)O)CCN(C(=O)N2CC(O)C(O)C2)CC1. The Morgan fingerprint density at radius 3 is 2.00 bits per heavy atom. The average molecular weight is 286 g/mol. The summed E-state index contributed by atoms with van der Waals surface area (Å²) in [6.07, 6.45) is -0.326. The number of urea groups is 1. The van der Waals surface area contributed by atoms with Gasteiger partial charge in [0.1, 0.15) is 0 Å². The van der Waals surface area contributed by atoms with Crippen molar-refractivity contribution < 1.29 is 24.9 Å². The van der Waals surface area contributed by atoms with Crippen molar-refractivity contribution in [2.75, 3.05) is 26.2 Å². The maximum absolute atomic E-state index is 12.2. The van der Waals surface area contributed by atoms with Crippen LogP contribution in [0.1, 0.15) is 26.2 Å². The standard InChI is InChI=1S/C13H22N2O5/c1-2-13(11(18)19)3-5-14(6-4-13)12(20)15-7-9(16)10(17)8-15/h9-10,16-17H,2-8H2,1H3,(H,18,19). The van der Waals surface area contributed by atoms with Crippen LogP contribution in [0.15, 0.2) is 0 Å². The van der Waals surface area contributed by atoms with Gasteiger partial charge >= 0.3 is 12.0 Å². The van der Waals surface area contributed by atoms with Gasteiger partial charge < -0.3 is 25.1 Å². The number of carbonyl (C=O) groups excluding carboxylic acids is 1. The number of rotatable bonds is 2. The molecule has 2 amide bonds. The number of carboxylic acid groups (broad SMARTS) is 1. The molecule has 3 N–H and O–H groups in total. The van der Waals surface area contributed by atoms with Crippen molar-refractivity contribution >= 4 is 12.0 Å². The zero-order valence-electron chi connectivity index (χ0n) is 11.7. The van der Waals surface area contributed by atoms with Gasteiger partial charge in [-0.05, 0) is 19.3 Å². The molecule has 7 heteroatoms. The van der Waals surface area contributed by atoms with Gasteiger partial charge in [-0.3, -0.25) is 4.79 Å². The number of hydrogen-bond acceptors (Lipinski definition) is 4. The number of likely N-dealkylation sites (tertiary alicyclic amines) is 2. The van der Waals surface area contributed by atoms with Crippen LogP contribution in [-0.4, -0.2) is 75.5 Å². The number of aliphatic hydroxyl groups is 2. The smallest absolute Gasteiger partial charge is 0.320 e. The molecule has 0 aliphatic carbocycles. The first-order chi connectivity index (χ1) is 9.39. The number of carbonyl (C=O) groups is 2. The Hall–Kier alpha value is -1.34. The molecular weight excluding hydrogens is 264 g/mol. The Bertz CT molecular complexity index is 382. The van der Waals surface area contributed by atoms with Crippen LogP contribution in [0.25, 0.3) is 0 Å². The first-order valence-corrected chi connectivity index (χ1v) is 7.03. The largest absolute Gasteiger partial charge is 0.481 e. The van der Waals surface area contributed by atoms with Gasteiger partial charge in [0.15, 0.2) is 0 Å². The highest BCUT2D eigenvalue weighted by atomic mass is 16.4. The van der Waals surface area contributed by atoms with Crippen molar-refractivity contribution in [2.45, 2.75) is 38.4 Å². The van der Waals surface area contributed by atoms with E-state index in [0.29, 0.717) is 32.4 Å². The topological polar surface area (TPSA) is 101 Å². The summed E-state index contributed by atoms with van der Waals surface area (Å²) >= 11 is 0. The Kier molecular flexibility index (Phi) is 4.19. The van der Waals surface area contributed by atoms with Gasteiger partial charge in [-0.25, -0.2) is 4.79 Å². The summed E-state index contributed by atoms with van der Waals surface area (Å²) < 4.78 is 0. The van der Waals surface area contributed by atoms with E-state index in [-0.39, 0.29) is 19.1 Å². The average Bonchev–Trinajstić information content (AvgIpc) is 2.78. The molecular formula is C13H22N2O5. The van der Waals surface area contributed by atoms with Crippen molar-refractivity contribution in [3.63, 3.8) is 0 Å².